The molecule has 0 amide bonds. The average Bonchev–Trinajstić information content (AvgIpc) is 2.15. The van der Waals surface area contributed by atoms with Crippen molar-refractivity contribution >= 4 is 23.8 Å². The molecule has 0 aliphatic rings. The Balaban J connectivity index is 2.79. The third-order valence-electron chi connectivity index (χ3n) is 1.32. The van der Waals surface area contributed by atoms with Gasteiger partial charge in [-0.3, -0.25) is 10.7 Å². The molecule has 64 valence electrons. The molecule has 0 aliphatic carbocycles. The Hall–Kier alpha value is -1.00. The van der Waals surface area contributed by atoms with Gasteiger partial charge in [-0.2, -0.15) is 0 Å². The van der Waals surface area contributed by atoms with Crippen molar-refractivity contribution in [2.24, 2.45) is 4.99 Å². The lowest BCUT2D eigenvalue weighted by molar-refractivity contribution is 0.240. The summed E-state index contributed by atoms with van der Waals surface area (Å²) in [7, 11) is 0. The number of rotatable bonds is 3. The predicted molar refractivity (Wildman–Crippen MR) is 51.3 cm³/mol. The Kier molecular flexibility index (Phi) is 3.63. The van der Waals surface area contributed by atoms with Gasteiger partial charge in [0, 0.05) is 4.90 Å². The molecular weight excluding hydrogens is 172 g/mol. The molecule has 2 N–H and O–H groups in total. The molecule has 0 radical (unpaired) electrons. The van der Waals surface area contributed by atoms with Crippen LogP contribution in [-0.4, -0.2) is 17.8 Å². The van der Waals surface area contributed by atoms with Crippen molar-refractivity contribution in [1.29, 1.82) is 0 Å². The summed E-state index contributed by atoms with van der Waals surface area (Å²) in [5.74, 6) is 0. The van der Waals surface area contributed by atoms with Crippen molar-refractivity contribution in [2.75, 3.05) is 6.26 Å². The summed E-state index contributed by atoms with van der Waals surface area (Å²) in [4.78, 5) is 5.09. The Labute approximate surface area is 75.5 Å². The summed E-state index contributed by atoms with van der Waals surface area (Å²) >= 11 is 1.66. The van der Waals surface area contributed by atoms with Gasteiger partial charge >= 0.3 is 0 Å². The zero-order valence-corrected chi connectivity index (χ0v) is 7.51. The fourth-order valence-corrected chi connectivity index (χ4v) is 1.25. The molecule has 0 saturated heterocycles. The average molecular weight is 182 g/mol. The number of aliphatic imine (C=N–C) groups is 1. The number of hydrogen-bond acceptors (Lipinski definition) is 3. The smallest absolute Gasteiger partial charge is 0.113 e. The maximum absolute atomic E-state index is 8.25. The summed E-state index contributed by atoms with van der Waals surface area (Å²) in [5, 5.41) is 8.25. The molecule has 3 nitrogen and oxygen atoms in total. The summed E-state index contributed by atoms with van der Waals surface area (Å²) < 4.78 is 0. The lowest BCUT2D eigenvalue weighted by atomic mass is 10.3. The lowest BCUT2D eigenvalue weighted by Crippen LogP contribution is -2.00. The molecule has 0 aliphatic heterocycles. The zero-order valence-electron chi connectivity index (χ0n) is 6.69. The highest BCUT2D eigenvalue weighted by Gasteiger charge is 1.90. The van der Waals surface area contributed by atoms with Crippen LogP contribution in [0.4, 0.5) is 5.69 Å². The van der Waals surface area contributed by atoms with Crippen molar-refractivity contribution in [3.63, 3.8) is 0 Å². The first kappa shape index (κ1) is 9.09. The van der Waals surface area contributed by atoms with Crippen LogP contribution in [0.3, 0.4) is 0 Å². The summed E-state index contributed by atoms with van der Waals surface area (Å²) in [6, 6.07) is 7.75. The molecular formula is C8H10N2OS. The molecule has 1 aromatic rings. The van der Waals surface area contributed by atoms with E-state index in [1.807, 2.05) is 36.0 Å². The lowest BCUT2D eigenvalue weighted by Gasteiger charge is -1.96. The van der Waals surface area contributed by atoms with E-state index >= 15 is 0 Å². The van der Waals surface area contributed by atoms with Crippen LogP contribution < -0.4 is 5.48 Å². The van der Waals surface area contributed by atoms with E-state index in [0.29, 0.717) is 0 Å². The molecule has 0 unspecified atom stereocenters. The fraction of sp³-hybridized carbons (Fsp3) is 0.125. The third-order valence-corrected chi connectivity index (χ3v) is 2.05. The second-order valence-electron chi connectivity index (χ2n) is 2.09. The maximum Gasteiger partial charge on any atom is 0.113 e. The fourth-order valence-electron chi connectivity index (χ4n) is 0.794. The molecule has 0 bridgehead atoms. The molecule has 0 atom stereocenters. The minimum Gasteiger partial charge on any atom is -0.290 e. The quantitative estimate of drug-likeness (QED) is 0.325. The first-order valence-electron chi connectivity index (χ1n) is 3.43. The second kappa shape index (κ2) is 4.79. The molecule has 0 aromatic heterocycles. The van der Waals surface area contributed by atoms with Crippen LogP contribution in [0, 0.1) is 0 Å². The minimum atomic E-state index is 0.823. The zero-order chi connectivity index (χ0) is 8.81. The summed E-state index contributed by atoms with van der Waals surface area (Å²) in [5.41, 5.74) is 2.68. The number of hydrogen-bond donors (Lipinski definition) is 2. The van der Waals surface area contributed by atoms with Crippen LogP contribution in [0.2, 0.25) is 0 Å². The number of nitrogens with one attached hydrogen (secondary N) is 1. The van der Waals surface area contributed by atoms with Gasteiger partial charge in [0.15, 0.2) is 0 Å². The predicted octanol–water partition coefficient (Wildman–Crippen LogP) is 2.05. The standard InChI is InChI=1S/C8H10N2OS/c1-12-8-4-2-3-7(5-8)9-6-10-11/h2-6,11H,1H3,(H,9,10). The van der Waals surface area contributed by atoms with Crippen molar-refractivity contribution in [3.05, 3.63) is 24.3 Å². The van der Waals surface area contributed by atoms with Gasteiger partial charge < -0.3 is 0 Å². The van der Waals surface area contributed by atoms with Gasteiger partial charge in [0.05, 0.1) is 5.69 Å². The van der Waals surface area contributed by atoms with E-state index in [0.717, 1.165) is 10.6 Å². The van der Waals surface area contributed by atoms with Gasteiger partial charge in [0.25, 0.3) is 0 Å². The van der Waals surface area contributed by atoms with Crippen LogP contribution in [0.5, 0.6) is 0 Å². The molecule has 4 heteroatoms. The molecule has 0 spiro atoms. The summed E-state index contributed by atoms with van der Waals surface area (Å²) in [6.45, 7) is 0. The largest absolute Gasteiger partial charge is 0.290 e. The number of hydroxylamine groups is 1. The van der Waals surface area contributed by atoms with Gasteiger partial charge in [-0.15, -0.1) is 11.8 Å². The SMILES string of the molecule is CSc1cccc(N=CNO)c1. The van der Waals surface area contributed by atoms with E-state index in [4.69, 9.17) is 5.21 Å². The van der Waals surface area contributed by atoms with Crippen LogP contribution >= 0.6 is 11.8 Å². The van der Waals surface area contributed by atoms with Crippen LogP contribution in [0.1, 0.15) is 0 Å². The van der Waals surface area contributed by atoms with Gasteiger partial charge in [0.2, 0.25) is 0 Å². The second-order valence-corrected chi connectivity index (χ2v) is 2.97. The van der Waals surface area contributed by atoms with E-state index in [1.165, 1.54) is 6.34 Å². The third kappa shape index (κ3) is 2.56. The monoisotopic (exact) mass is 182 g/mol. The molecule has 1 aromatic carbocycles. The molecule has 0 heterocycles. The van der Waals surface area contributed by atoms with Crippen molar-refractivity contribution in [2.45, 2.75) is 4.90 Å². The maximum atomic E-state index is 8.25. The first-order valence-corrected chi connectivity index (χ1v) is 4.65. The Morgan fingerprint density at radius 2 is 2.42 bits per heavy atom. The van der Waals surface area contributed by atoms with Gasteiger partial charge in [-0.05, 0) is 24.5 Å². The van der Waals surface area contributed by atoms with Gasteiger partial charge in [-0.1, -0.05) is 6.07 Å². The highest BCUT2D eigenvalue weighted by Crippen LogP contribution is 2.20. The Morgan fingerprint density at radius 3 is 3.08 bits per heavy atom. The van der Waals surface area contributed by atoms with Gasteiger partial charge in [0.1, 0.15) is 6.34 Å². The number of benzene rings is 1. The van der Waals surface area contributed by atoms with Crippen molar-refractivity contribution in [3.8, 4) is 0 Å². The van der Waals surface area contributed by atoms with E-state index in [9.17, 15) is 0 Å². The molecule has 12 heavy (non-hydrogen) atoms. The van der Waals surface area contributed by atoms with Crippen molar-refractivity contribution in [1.82, 2.24) is 5.48 Å². The Bertz CT molecular complexity index is 276. The molecule has 1 rings (SSSR count). The van der Waals surface area contributed by atoms with Crippen LogP contribution in [0.15, 0.2) is 34.2 Å². The van der Waals surface area contributed by atoms with Crippen LogP contribution in [-0.2, 0) is 0 Å². The van der Waals surface area contributed by atoms with Crippen LogP contribution in [0.25, 0.3) is 0 Å². The normalized spacial score (nSPS) is 10.5. The minimum absolute atomic E-state index is 0.823. The highest BCUT2D eigenvalue weighted by atomic mass is 32.2. The van der Waals surface area contributed by atoms with Gasteiger partial charge in [-0.25, -0.2) is 4.99 Å². The summed E-state index contributed by atoms with van der Waals surface area (Å²) in [6.07, 6.45) is 3.24. The molecule has 0 fully saturated rings. The van der Waals surface area contributed by atoms with E-state index in [2.05, 4.69) is 4.99 Å². The number of nitrogens with zero attached hydrogens (tertiary/aromatic N) is 1. The molecule has 0 saturated carbocycles. The van der Waals surface area contributed by atoms with E-state index < -0.39 is 0 Å². The van der Waals surface area contributed by atoms with E-state index in [1.54, 1.807) is 11.8 Å². The highest BCUT2D eigenvalue weighted by molar-refractivity contribution is 7.98. The first-order chi connectivity index (χ1) is 5.86. The topological polar surface area (TPSA) is 44.6 Å². The number of thioether (sulfide) groups is 1. The Morgan fingerprint density at radius 1 is 1.58 bits per heavy atom. The van der Waals surface area contributed by atoms with Crippen molar-refractivity contribution < 1.29 is 5.21 Å². The van der Waals surface area contributed by atoms with E-state index in [-0.39, 0.29) is 0 Å².